The topological polar surface area (TPSA) is 110 Å². The van der Waals surface area contributed by atoms with Crippen molar-refractivity contribution in [1.29, 1.82) is 0 Å². The largest absolute Gasteiger partial charge is 0.335 e. The van der Waals surface area contributed by atoms with Crippen LogP contribution in [-0.2, 0) is 6.54 Å². The fourth-order valence-electron chi connectivity index (χ4n) is 1.81. The van der Waals surface area contributed by atoms with Gasteiger partial charge in [0, 0.05) is 6.54 Å². The van der Waals surface area contributed by atoms with Crippen molar-refractivity contribution in [3.05, 3.63) is 26.7 Å². The van der Waals surface area contributed by atoms with Gasteiger partial charge in [0.1, 0.15) is 11.3 Å². The Balaban J connectivity index is 2.76. The van der Waals surface area contributed by atoms with Gasteiger partial charge in [-0.15, -0.1) is 0 Å². The number of nitrogens with two attached hydrogens (primary N) is 1. The van der Waals surface area contributed by atoms with Crippen molar-refractivity contribution in [3.8, 4) is 0 Å². The van der Waals surface area contributed by atoms with E-state index in [0.717, 1.165) is 0 Å². The molecule has 0 aromatic carbocycles. The first-order valence-electron chi connectivity index (χ1n) is 5.88. The van der Waals surface area contributed by atoms with Gasteiger partial charge in [-0.25, -0.2) is 9.78 Å². The van der Waals surface area contributed by atoms with Gasteiger partial charge < -0.3 is 10.7 Å². The minimum Gasteiger partial charge on any atom is -0.335 e. The molecule has 0 spiro atoms. The third-order valence-electron chi connectivity index (χ3n) is 2.63. The summed E-state index contributed by atoms with van der Waals surface area (Å²) in [5.41, 5.74) is 5.48. The van der Waals surface area contributed by atoms with E-state index in [1.54, 1.807) is 6.92 Å². The summed E-state index contributed by atoms with van der Waals surface area (Å²) in [6, 6.07) is -0.320. The molecule has 98 valence electrons. The summed E-state index contributed by atoms with van der Waals surface area (Å²) in [5.74, 6) is 0.769. The van der Waals surface area contributed by atoms with Crippen molar-refractivity contribution < 1.29 is 0 Å². The number of H-pyrrole nitrogens is 2. The van der Waals surface area contributed by atoms with Crippen LogP contribution in [0.5, 0.6) is 0 Å². The summed E-state index contributed by atoms with van der Waals surface area (Å²) in [6.45, 7) is 6.23. The number of hydrogen-bond donors (Lipinski definition) is 3. The molecule has 0 fully saturated rings. The number of hydrogen-bond acceptors (Lipinski definition) is 4. The van der Waals surface area contributed by atoms with Gasteiger partial charge in [0.05, 0.1) is 6.04 Å². The highest BCUT2D eigenvalue weighted by Crippen LogP contribution is 2.11. The summed E-state index contributed by atoms with van der Waals surface area (Å²) in [5, 5.41) is 0. The van der Waals surface area contributed by atoms with Crippen molar-refractivity contribution in [2.24, 2.45) is 11.7 Å². The number of aromatic nitrogens is 4. The molecule has 0 bridgehead atoms. The molecule has 2 aromatic rings. The highest BCUT2D eigenvalue weighted by atomic mass is 16.2. The molecule has 4 N–H and O–H groups in total. The highest BCUT2D eigenvalue weighted by Gasteiger charge is 2.15. The lowest BCUT2D eigenvalue weighted by Crippen LogP contribution is -2.31. The molecular weight excluding hydrogens is 234 g/mol. The Morgan fingerprint density at radius 3 is 2.50 bits per heavy atom. The number of nitrogens with zero attached hydrogens (tertiary/aromatic N) is 2. The summed E-state index contributed by atoms with van der Waals surface area (Å²) in [6.07, 6.45) is 0. The number of nitrogens with one attached hydrogen (secondary N) is 2. The number of imidazole rings is 1. The molecule has 0 aliphatic rings. The smallest absolute Gasteiger partial charge is 0.330 e. The second-order valence-corrected chi connectivity index (χ2v) is 4.87. The molecule has 0 radical (unpaired) electrons. The van der Waals surface area contributed by atoms with Crippen LogP contribution in [0.15, 0.2) is 9.59 Å². The molecular formula is C11H17N5O2. The van der Waals surface area contributed by atoms with E-state index in [1.807, 2.05) is 13.8 Å². The average molecular weight is 251 g/mol. The van der Waals surface area contributed by atoms with Crippen LogP contribution in [0.1, 0.15) is 32.6 Å². The maximum Gasteiger partial charge on any atom is 0.330 e. The van der Waals surface area contributed by atoms with E-state index in [1.165, 1.54) is 4.57 Å². The number of aromatic amines is 2. The molecule has 7 nitrogen and oxygen atoms in total. The summed E-state index contributed by atoms with van der Waals surface area (Å²) in [4.78, 5) is 32.9. The maximum absolute atomic E-state index is 11.8. The third kappa shape index (κ3) is 2.08. The van der Waals surface area contributed by atoms with Crippen LogP contribution in [-0.4, -0.2) is 19.5 Å². The molecule has 0 saturated carbocycles. The lowest BCUT2D eigenvalue weighted by Gasteiger charge is -2.07. The van der Waals surface area contributed by atoms with Crippen molar-refractivity contribution >= 4 is 11.2 Å². The van der Waals surface area contributed by atoms with Gasteiger partial charge in [-0.2, -0.15) is 0 Å². The second kappa shape index (κ2) is 4.41. The molecule has 0 aliphatic heterocycles. The summed E-state index contributed by atoms with van der Waals surface area (Å²) in [7, 11) is 0. The monoisotopic (exact) mass is 251 g/mol. The van der Waals surface area contributed by atoms with Crippen LogP contribution in [0.3, 0.4) is 0 Å². The molecule has 1 unspecified atom stereocenters. The number of fused-ring (bicyclic) bond motifs is 1. The average Bonchev–Trinajstić information content (AvgIpc) is 2.69. The van der Waals surface area contributed by atoms with Crippen molar-refractivity contribution in [2.45, 2.75) is 33.4 Å². The molecule has 7 heteroatoms. The normalized spacial score (nSPS) is 13.4. The molecule has 1 atom stereocenters. The lowest BCUT2D eigenvalue weighted by atomic mass is 10.2. The van der Waals surface area contributed by atoms with Crippen LogP contribution >= 0.6 is 0 Å². The van der Waals surface area contributed by atoms with Gasteiger partial charge in [0.15, 0.2) is 5.65 Å². The maximum atomic E-state index is 11.8. The van der Waals surface area contributed by atoms with Gasteiger partial charge >= 0.3 is 5.69 Å². The van der Waals surface area contributed by atoms with Crippen molar-refractivity contribution in [1.82, 2.24) is 19.5 Å². The Labute approximate surface area is 103 Å². The first-order chi connectivity index (χ1) is 8.40. The van der Waals surface area contributed by atoms with E-state index in [4.69, 9.17) is 5.73 Å². The van der Waals surface area contributed by atoms with Gasteiger partial charge in [0.2, 0.25) is 0 Å². The van der Waals surface area contributed by atoms with Gasteiger partial charge in [0.25, 0.3) is 5.56 Å². The van der Waals surface area contributed by atoms with Gasteiger partial charge in [-0.05, 0) is 12.8 Å². The van der Waals surface area contributed by atoms with E-state index in [-0.39, 0.29) is 12.0 Å². The van der Waals surface area contributed by atoms with E-state index in [9.17, 15) is 9.59 Å². The minimum atomic E-state index is -0.464. The Hall–Kier alpha value is -1.89. The van der Waals surface area contributed by atoms with E-state index in [2.05, 4.69) is 15.0 Å². The molecule has 2 heterocycles. The van der Waals surface area contributed by atoms with Gasteiger partial charge in [-0.1, -0.05) is 13.8 Å². The lowest BCUT2D eigenvalue weighted by molar-refractivity contribution is 0.513. The third-order valence-corrected chi connectivity index (χ3v) is 2.63. The Morgan fingerprint density at radius 2 is 1.94 bits per heavy atom. The van der Waals surface area contributed by atoms with Crippen LogP contribution in [0.25, 0.3) is 11.2 Å². The first kappa shape index (κ1) is 12.6. The fraction of sp³-hybridized carbons (Fsp3) is 0.545. The molecule has 18 heavy (non-hydrogen) atoms. The fourth-order valence-corrected chi connectivity index (χ4v) is 1.81. The molecule has 2 aromatic heterocycles. The quantitative estimate of drug-likeness (QED) is 0.718. The second-order valence-electron chi connectivity index (χ2n) is 4.87. The molecule has 0 saturated heterocycles. The van der Waals surface area contributed by atoms with Gasteiger partial charge in [-0.3, -0.25) is 14.3 Å². The Morgan fingerprint density at radius 1 is 1.28 bits per heavy atom. The SMILES string of the molecule is CC(C)Cn1c(=O)[nH]c(=O)c2[nH]c(C(C)N)nc21. The first-order valence-corrected chi connectivity index (χ1v) is 5.88. The van der Waals surface area contributed by atoms with E-state index < -0.39 is 11.2 Å². The molecule has 0 amide bonds. The van der Waals surface area contributed by atoms with Crippen molar-refractivity contribution in [3.63, 3.8) is 0 Å². The number of rotatable bonds is 3. The minimum absolute atomic E-state index is 0.271. The van der Waals surface area contributed by atoms with Crippen LogP contribution in [0.2, 0.25) is 0 Å². The zero-order valence-corrected chi connectivity index (χ0v) is 10.7. The highest BCUT2D eigenvalue weighted by molar-refractivity contribution is 5.69. The standard InChI is InChI=1S/C11H17N5O2/c1-5(2)4-16-9-7(10(17)15-11(16)18)13-8(14-9)6(3)12/h5-6H,4,12H2,1-3H3,(H,13,14)(H,15,17,18). The predicted molar refractivity (Wildman–Crippen MR) is 68.4 cm³/mol. The Kier molecular flexibility index (Phi) is 3.08. The van der Waals surface area contributed by atoms with Crippen LogP contribution in [0.4, 0.5) is 0 Å². The zero-order valence-electron chi connectivity index (χ0n) is 10.7. The zero-order chi connectivity index (χ0) is 13.4. The summed E-state index contributed by atoms with van der Waals surface area (Å²) >= 11 is 0. The Bertz CT molecular complexity index is 677. The van der Waals surface area contributed by atoms with Crippen LogP contribution < -0.4 is 17.0 Å². The van der Waals surface area contributed by atoms with E-state index >= 15 is 0 Å². The molecule has 2 rings (SSSR count). The predicted octanol–water partition coefficient (Wildman–Crippen LogP) is 0.0886. The van der Waals surface area contributed by atoms with Crippen LogP contribution in [0, 0.1) is 5.92 Å². The van der Waals surface area contributed by atoms with E-state index in [0.29, 0.717) is 23.5 Å². The molecule has 0 aliphatic carbocycles. The summed E-state index contributed by atoms with van der Waals surface area (Å²) < 4.78 is 1.46. The van der Waals surface area contributed by atoms with Crippen molar-refractivity contribution in [2.75, 3.05) is 0 Å².